The van der Waals surface area contributed by atoms with Crippen molar-refractivity contribution < 1.29 is 9.53 Å². The van der Waals surface area contributed by atoms with E-state index in [-0.39, 0.29) is 5.97 Å². The molecule has 1 aliphatic rings. The molecule has 0 aliphatic heterocycles. The fourth-order valence-corrected chi connectivity index (χ4v) is 3.37. The Bertz CT molecular complexity index is 474. The zero-order valence-electron chi connectivity index (χ0n) is 14.2. The largest absolute Gasteiger partial charge is 0.465 e. The SMILES string of the molecule is CCCCCN(C)CC1CC1(C(=O)OCC)c1ccccc1. The Kier molecular flexibility index (Phi) is 6.01. The normalized spacial score (nSPS) is 23.5. The minimum Gasteiger partial charge on any atom is -0.465 e. The molecule has 1 saturated carbocycles. The third kappa shape index (κ3) is 3.70. The van der Waals surface area contributed by atoms with Gasteiger partial charge in [0.15, 0.2) is 0 Å². The summed E-state index contributed by atoms with van der Waals surface area (Å²) in [5.74, 6) is 0.328. The van der Waals surface area contributed by atoms with Crippen molar-refractivity contribution in [2.24, 2.45) is 5.92 Å². The first kappa shape index (κ1) is 17.0. The highest BCUT2D eigenvalue weighted by atomic mass is 16.5. The molecule has 0 spiro atoms. The quantitative estimate of drug-likeness (QED) is 0.515. The number of nitrogens with zero attached hydrogens (tertiary/aromatic N) is 1. The zero-order valence-corrected chi connectivity index (χ0v) is 14.2. The second kappa shape index (κ2) is 7.77. The second-order valence-electron chi connectivity index (χ2n) is 6.43. The molecular formula is C19H29NO2. The number of carbonyl (C=O) groups is 1. The van der Waals surface area contributed by atoms with Crippen LogP contribution in [-0.2, 0) is 14.9 Å². The minimum atomic E-state index is -0.406. The molecule has 0 saturated heterocycles. The van der Waals surface area contributed by atoms with E-state index in [1.165, 1.54) is 19.3 Å². The molecule has 3 nitrogen and oxygen atoms in total. The van der Waals surface area contributed by atoms with Gasteiger partial charge >= 0.3 is 5.97 Å². The predicted octanol–water partition coefficient (Wildman–Crippen LogP) is 3.63. The standard InChI is InChI=1S/C19H29NO2/c1-4-6-10-13-20(3)15-17-14-19(17,18(21)22-5-2)16-11-8-7-9-12-16/h7-9,11-12,17H,4-6,10,13-15H2,1-3H3. The summed E-state index contributed by atoms with van der Waals surface area (Å²) >= 11 is 0. The van der Waals surface area contributed by atoms with Crippen LogP contribution in [0.25, 0.3) is 0 Å². The first-order valence-corrected chi connectivity index (χ1v) is 8.56. The zero-order chi connectivity index (χ0) is 16.0. The molecule has 3 heteroatoms. The number of unbranched alkanes of at least 4 members (excludes halogenated alkanes) is 2. The first-order chi connectivity index (χ1) is 10.6. The molecule has 1 aliphatic carbocycles. The Labute approximate surface area is 134 Å². The Balaban J connectivity index is 2.02. The Hall–Kier alpha value is -1.35. The van der Waals surface area contributed by atoms with Gasteiger partial charge in [-0.1, -0.05) is 50.1 Å². The van der Waals surface area contributed by atoms with Gasteiger partial charge in [0.1, 0.15) is 0 Å². The van der Waals surface area contributed by atoms with Gasteiger partial charge in [-0.15, -0.1) is 0 Å². The number of esters is 1. The van der Waals surface area contributed by atoms with E-state index in [2.05, 4.69) is 31.0 Å². The van der Waals surface area contributed by atoms with Crippen LogP contribution < -0.4 is 0 Å². The highest BCUT2D eigenvalue weighted by Gasteiger charge is 2.62. The van der Waals surface area contributed by atoms with E-state index in [9.17, 15) is 4.79 Å². The summed E-state index contributed by atoms with van der Waals surface area (Å²) in [6.07, 6.45) is 4.66. The predicted molar refractivity (Wildman–Crippen MR) is 89.9 cm³/mol. The lowest BCUT2D eigenvalue weighted by atomic mass is 9.93. The van der Waals surface area contributed by atoms with Gasteiger partial charge < -0.3 is 9.64 Å². The topological polar surface area (TPSA) is 29.5 Å². The van der Waals surface area contributed by atoms with Gasteiger partial charge in [-0.25, -0.2) is 0 Å². The van der Waals surface area contributed by atoms with Crippen molar-refractivity contribution >= 4 is 5.97 Å². The Morgan fingerprint density at radius 1 is 1.27 bits per heavy atom. The lowest BCUT2D eigenvalue weighted by molar-refractivity contribution is -0.146. The molecule has 2 atom stereocenters. The minimum absolute atomic E-state index is 0.0480. The lowest BCUT2D eigenvalue weighted by Gasteiger charge is -2.20. The molecule has 2 unspecified atom stereocenters. The van der Waals surface area contributed by atoms with E-state index in [4.69, 9.17) is 4.74 Å². The van der Waals surface area contributed by atoms with Gasteiger partial charge in [0.2, 0.25) is 0 Å². The van der Waals surface area contributed by atoms with Gasteiger partial charge in [-0.3, -0.25) is 4.79 Å². The fraction of sp³-hybridized carbons (Fsp3) is 0.632. The molecule has 22 heavy (non-hydrogen) atoms. The number of hydrogen-bond acceptors (Lipinski definition) is 3. The number of benzene rings is 1. The van der Waals surface area contributed by atoms with Crippen LogP contribution in [0.1, 0.15) is 45.1 Å². The van der Waals surface area contributed by atoms with Crippen molar-refractivity contribution in [3.63, 3.8) is 0 Å². The summed E-state index contributed by atoms with van der Waals surface area (Å²) in [6, 6.07) is 10.1. The molecular weight excluding hydrogens is 274 g/mol. The molecule has 0 N–H and O–H groups in total. The van der Waals surface area contributed by atoms with Crippen molar-refractivity contribution in [1.29, 1.82) is 0 Å². The molecule has 122 valence electrons. The number of ether oxygens (including phenoxy) is 1. The second-order valence-corrected chi connectivity index (χ2v) is 6.43. The molecule has 1 aromatic carbocycles. The van der Waals surface area contributed by atoms with Crippen molar-refractivity contribution in [2.45, 2.75) is 44.9 Å². The third-order valence-corrected chi connectivity index (χ3v) is 4.71. The smallest absolute Gasteiger partial charge is 0.316 e. The van der Waals surface area contributed by atoms with Gasteiger partial charge in [0, 0.05) is 6.54 Å². The summed E-state index contributed by atoms with van der Waals surface area (Å²) in [5.41, 5.74) is 0.705. The molecule has 1 aromatic rings. The summed E-state index contributed by atoms with van der Waals surface area (Å²) in [6.45, 7) is 6.63. The van der Waals surface area contributed by atoms with Gasteiger partial charge in [0.25, 0.3) is 0 Å². The van der Waals surface area contributed by atoms with Crippen molar-refractivity contribution in [1.82, 2.24) is 4.90 Å². The average Bonchev–Trinajstić information content (AvgIpc) is 3.24. The van der Waals surface area contributed by atoms with Crippen LogP contribution >= 0.6 is 0 Å². The maximum Gasteiger partial charge on any atom is 0.316 e. The van der Waals surface area contributed by atoms with Crippen LogP contribution in [0.4, 0.5) is 0 Å². The van der Waals surface area contributed by atoms with Crippen LogP contribution in [0.2, 0.25) is 0 Å². The summed E-state index contributed by atoms with van der Waals surface area (Å²) in [5, 5.41) is 0. The van der Waals surface area contributed by atoms with Crippen LogP contribution in [-0.4, -0.2) is 37.6 Å². The molecule has 0 aromatic heterocycles. The maximum atomic E-state index is 12.5. The number of rotatable bonds is 9. The molecule has 0 amide bonds. The molecule has 0 heterocycles. The highest BCUT2D eigenvalue weighted by Crippen LogP contribution is 2.55. The third-order valence-electron chi connectivity index (χ3n) is 4.71. The van der Waals surface area contributed by atoms with E-state index in [1.54, 1.807) is 0 Å². The first-order valence-electron chi connectivity index (χ1n) is 8.56. The van der Waals surface area contributed by atoms with Crippen LogP contribution in [0.3, 0.4) is 0 Å². The highest BCUT2D eigenvalue weighted by molar-refractivity contribution is 5.87. The molecule has 1 fully saturated rings. The number of carbonyl (C=O) groups excluding carboxylic acids is 1. The van der Waals surface area contributed by atoms with Crippen LogP contribution in [0, 0.1) is 5.92 Å². The van der Waals surface area contributed by atoms with E-state index in [0.29, 0.717) is 12.5 Å². The van der Waals surface area contributed by atoms with Gasteiger partial charge in [0.05, 0.1) is 12.0 Å². The molecule has 0 radical (unpaired) electrons. The average molecular weight is 303 g/mol. The molecule has 0 bridgehead atoms. The van der Waals surface area contributed by atoms with Crippen molar-refractivity contribution in [3.05, 3.63) is 35.9 Å². The Morgan fingerprint density at radius 2 is 2.00 bits per heavy atom. The maximum absolute atomic E-state index is 12.5. The van der Waals surface area contributed by atoms with E-state index < -0.39 is 5.41 Å². The monoisotopic (exact) mass is 303 g/mol. The van der Waals surface area contributed by atoms with E-state index in [1.807, 2.05) is 25.1 Å². The van der Waals surface area contributed by atoms with Crippen molar-refractivity contribution in [2.75, 3.05) is 26.7 Å². The lowest BCUT2D eigenvalue weighted by Crippen LogP contribution is -2.30. The fourth-order valence-electron chi connectivity index (χ4n) is 3.37. The summed E-state index contributed by atoms with van der Waals surface area (Å²) in [4.78, 5) is 14.9. The van der Waals surface area contributed by atoms with Gasteiger partial charge in [-0.05, 0) is 44.8 Å². The number of hydrogen-bond donors (Lipinski definition) is 0. The van der Waals surface area contributed by atoms with Crippen LogP contribution in [0.15, 0.2) is 30.3 Å². The van der Waals surface area contributed by atoms with E-state index in [0.717, 1.165) is 25.1 Å². The van der Waals surface area contributed by atoms with Crippen LogP contribution in [0.5, 0.6) is 0 Å². The van der Waals surface area contributed by atoms with Gasteiger partial charge in [-0.2, -0.15) is 0 Å². The van der Waals surface area contributed by atoms with E-state index >= 15 is 0 Å². The Morgan fingerprint density at radius 3 is 2.64 bits per heavy atom. The van der Waals surface area contributed by atoms with Crippen molar-refractivity contribution in [3.8, 4) is 0 Å². The molecule has 2 rings (SSSR count). The summed E-state index contributed by atoms with van der Waals surface area (Å²) < 4.78 is 5.38. The summed E-state index contributed by atoms with van der Waals surface area (Å²) in [7, 11) is 2.16.